The van der Waals surface area contributed by atoms with E-state index in [2.05, 4.69) is 30.3 Å². The molecule has 0 aliphatic carbocycles. The first-order chi connectivity index (χ1) is 10.2. The fourth-order valence-corrected chi connectivity index (χ4v) is 2.00. The monoisotopic (exact) mass is 284 g/mol. The van der Waals surface area contributed by atoms with Crippen LogP contribution in [0.15, 0.2) is 30.5 Å². The quantitative estimate of drug-likeness (QED) is 0.883. The van der Waals surface area contributed by atoms with Gasteiger partial charge in [0, 0.05) is 18.3 Å². The number of benzene rings is 1. The first-order valence-corrected chi connectivity index (χ1v) is 7.04. The van der Waals surface area contributed by atoms with Gasteiger partial charge >= 0.3 is 0 Å². The van der Waals surface area contributed by atoms with Crippen molar-refractivity contribution in [2.24, 2.45) is 0 Å². The molecule has 0 amide bonds. The first kappa shape index (κ1) is 14.9. The van der Waals surface area contributed by atoms with Gasteiger partial charge in [-0.15, -0.1) is 0 Å². The molecule has 0 fully saturated rings. The molecule has 0 aliphatic rings. The molecular formula is C16H20N4O. The maximum Gasteiger partial charge on any atom is 0.143 e. The van der Waals surface area contributed by atoms with Crippen LogP contribution in [0.5, 0.6) is 5.75 Å². The largest absolute Gasteiger partial charge is 0.495 e. The van der Waals surface area contributed by atoms with Crippen LogP contribution in [-0.4, -0.2) is 16.9 Å². The highest BCUT2D eigenvalue weighted by Crippen LogP contribution is 2.25. The lowest BCUT2D eigenvalue weighted by atomic mass is 10.2. The molecule has 0 saturated carbocycles. The zero-order chi connectivity index (χ0) is 15.2. The normalized spacial score (nSPS) is 11.7. The molecule has 0 radical (unpaired) electrons. The molecule has 1 unspecified atom stereocenters. The number of hydrogen-bond acceptors (Lipinski definition) is 4. The molecule has 1 N–H and O–H groups in total. The predicted molar refractivity (Wildman–Crippen MR) is 82.3 cm³/mol. The van der Waals surface area contributed by atoms with Crippen LogP contribution in [0.4, 0.5) is 5.69 Å². The highest BCUT2D eigenvalue weighted by Gasteiger charge is 2.07. The van der Waals surface area contributed by atoms with Crippen LogP contribution in [-0.2, 0) is 6.54 Å². The van der Waals surface area contributed by atoms with E-state index in [1.165, 1.54) is 0 Å². The first-order valence-electron chi connectivity index (χ1n) is 7.04. The molecule has 1 heterocycles. The van der Waals surface area contributed by atoms with E-state index in [1.54, 1.807) is 19.2 Å². The van der Waals surface area contributed by atoms with Crippen molar-refractivity contribution in [3.63, 3.8) is 0 Å². The van der Waals surface area contributed by atoms with Gasteiger partial charge in [-0.1, -0.05) is 6.92 Å². The van der Waals surface area contributed by atoms with Crippen LogP contribution >= 0.6 is 0 Å². The molecule has 1 aromatic carbocycles. The van der Waals surface area contributed by atoms with E-state index in [9.17, 15) is 0 Å². The van der Waals surface area contributed by atoms with E-state index in [0.29, 0.717) is 23.9 Å². The second-order valence-corrected chi connectivity index (χ2v) is 4.92. The van der Waals surface area contributed by atoms with E-state index < -0.39 is 0 Å². The van der Waals surface area contributed by atoms with Crippen LogP contribution < -0.4 is 10.1 Å². The minimum Gasteiger partial charge on any atom is -0.495 e. The molecule has 21 heavy (non-hydrogen) atoms. The Labute approximate surface area is 125 Å². The lowest BCUT2D eigenvalue weighted by Gasteiger charge is -2.11. The number of nitrogens with zero attached hydrogens (tertiary/aromatic N) is 3. The number of anilines is 1. The van der Waals surface area contributed by atoms with E-state index in [4.69, 9.17) is 10.00 Å². The van der Waals surface area contributed by atoms with E-state index >= 15 is 0 Å². The molecule has 0 aliphatic heterocycles. The Kier molecular flexibility index (Phi) is 4.83. The van der Waals surface area contributed by atoms with Gasteiger partial charge in [-0.3, -0.25) is 4.68 Å². The average molecular weight is 284 g/mol. The topological polar surface area (TPSA) is 62.9 Å². The van der Waals surface area contributed by atoms with Crippen molar-refractivity contribution in [1.29, 1.82) is 5.26 Å². The summed E-state index contributed by atoms with van der Waals surface area (Å²) in [6.45, 7) is 4.91. The Morgan fingerprint density at radius 2 is 2.24 bits per heavy atom. The van der Waals surface area contributed by atoms with Crippen LogP contribution in [0.1, 0.15) is 37.6 Å². The number of nitrogens with one attached hydrogen (secondary N) is 1. The molecule has 1 aromatic heterocycles. The zero-order valence-corrected chi connectivity index (χ0v) is 12.6. The molecular weight excluding hydrogens is 264 g/mol. The van der Waals surface area contributed by atoms with Gasteiger partial charge in [0.1, 0.15) is 5.75 Å². The SMILES string of the molecule is CCC(C)n1ccc(CNc2ccc(C#N)cc2OC)n1. The van der Waals surface area contributed by atoms with Crippen molar-refractivity contribution >= 4 is 5.69 Å². The number of hydrogen-bond donors (Lipinski definition) is 1. The smallest absolute Gasteiger partial charge is 0.143 e. The van der Waals surface area contributed by atoms with E-state index in [-0.39, 0.29) is 0 Å². The maximum absolute atomic E-state index is 8.90. The van der Waals surface area contributed by atoms with Crippen molar-refractivity contribution in [3.8, 4) is 11.8 Å². The Bertz CT molecular complexity index is 642. The molecule has 5 nitrogen and oxygen atoms in total. The minimum absolute atomic E-state index is 0.406. The lowest BCUT2D eigenvalue weighted by molar-refractivity contribution is 0.416. The minimum atomic E-state index is 0.406. The Balaban J connectivity index is 2.06. The fraction of sp³-hybridized carbons (Fsp3) is 0.375. The average Bonchev–Trinajstić information content (AvgIpc) is 3.00. The lowest BCUT2D eigenvalue weighted by Crippen LogP contribution is -2.07. The summed E-state index contributed by atoms with van der Waals surface area (Å²) in [5.41, 5.74) is 2.41. The van der Waals surface area contributed by atoms with Gasteiger partial charge in [0.05, 0.1) is 36.7 Å². The zero-order valence-electron chi connectivity index (χ0n) is 12.6. The Hall–Kier alpha value is -2.48. The summed E-state index contributed by atoms with van der Waals surface area (Å²) in [7, 11) is 1.60. The van der Waals surface area contributed by atoms with Crippen LogP contribution in [0.25, 0.3) is 0 Å². The second kappa shape index (κ2) is 6.80. The highest BCUT2D eigenvalue weighted by molar-refractivity contribution is 5.59. The molecule has 1 atom stereocenters. The van der Waals surface area contributed by atoms with Crippen LogP contribution in [0.2, 0.25) is 0 Å². The Morgan fingerprint density at radius 3 is 2.90 bits per heavy atom. The van der Waals surface area contributed by atoms with Crippen LogP contribution in [0, 0.1) is 11.3 Å². The third kappa shape index (κ3) is 3.54. The van der Waals surface area contributed by atoms with Gasteiger partial charge in [0.2, 0.25) is 0 Å². The highest BCUT2D eigenvalue weighted by atomic mass is 16.5. The van der Waals surface area contributed by atoms with Gasteiger partial charge in [-0.25, -0.2) is 0 Å². The van der Waals surface area contributed by atoms with Crippen molar-refractivity contribution in [2.75, 3.05) is 12.4 Å². The summed E-state index contributed by atoms with van der Waals surface area (Å²) in [4.78, 5) is 0. The van der Waals surface area contributed by atoms with Gasteiger partial charge in [-0.05, 0) is 31.5 Å². The standard InChI is InChI=1S/C16H20N4O/c1-4-12(2)20-8-7-14(19-20)11-18-15-6-5-13(10-17)9-16(15)21-3/h5-9,12,18H,4,11H2,1-3H3. The van der Waals surface area contributed by atoms with Crippen LogP contribution in [0.3, 0.4) is 0 Å². The number of methoxy groups -OCH3 is 1. The number of rotatable bonds is 6. The molecule has 5 heteroatoms. The molecule has 2 aromatic rings. The summed E-state index contributed by atoms with van der Waals surface area (Å²) >= 11 is 0. The number of ether oxygens (including phenoxy) is 1. The summed E-state index contributed by atoms with van der Waals surface area (Å²) in [6.07, 6.45) is 3.05. The number of nitriles is 1. The summed E-state index contributed by atoms with van der Waals surface area (Å²) < 4.78 is 7.28. The third-order valence-corrected chi connectivity index (χ3v) is 3.50. The van der Waals surface area contributed by atoms with Crippen molar-refractivity contribution in [1.82, 2.24) is 9.78 Å². The predicted octanol–water partition coefficient (Wildman–Crippen LogP) is 3.35. The van der Waals surface area contributed by atoms with E-state index in [1.807, 2.05) is 23.0 Å². The van der Waals surface area contributed by atoms with Gasteiger partial charge in [0.15, 0.2) is 0 Å². The summed E-state index contributed by atoms with van der Waals surface area (Å²) in [5, 5.41) is 16.7. The van der Waals surface area contributed by atoms with Gasteiger partial charge in [0.25, 0.3) is 0 Å². The molecule has 110 valence electrons. The maximum atomic E-state index is 8.90. The van der Waals surface area contributed by atoms with E-state index in [0.717, 1.165) is 17.8 Å². The fourth-order valence-electron chi connectivity index (χ4n) is 2.00. The molecule has 2 rings (SSSR count). The summed E-state index contributed by atoms with van der Waals surface area (Å²) in [5.74, 6) is 0.662. The van der Waals surface area contributed by atoms with Gasteiger partial charge < -0.3 is 10.1 Å². The molecule has 0 bridgehead atoms. The molecule has 0 saturated heterocycles. The van der Waals surface area contributed by atoms with Gasteiger partial charge in [-0.2, -0.15) is 10.4 Å². The van der Waals surface area contributed by atoms with Crippen molar-refractivity contribution in [3.05, 3.63) is 41.7 Å². The van der Waals surface area contributed by atoms with Crippen molar-refractivity contribution < 1.29 is 4.74 Å². The third-order valence-electron chi connectivity index (χ3n) is 3.50. The second-order valence-electron chi connectivity index (χ2n) is 4.92. The number of aromatic nitrogens is 2. The molecule has 0 spiro atoms. The van der Waals surface area contributed by atoms with Crippen molar-refractivity contribution in [2.45, 2.75) is 32.9 Å². The summed E-state index contributed by atoms with van der Waals surface area (Å²) in [6, 6.07) is 9.86. The Morgan fingerprint density at radius 1 is 1.43 bits per heavy atom.